The molecule has 3 rings (SSSR count). The number of benzene rings is 2. The molecule has 4 nitrogen and oxygen atoms in total. The molecule has 1 aliphatic rings. The van der Waals surface area contributed by atoms with E-state index in [4.69, 9.17) is 18.8 Å². The van der Waals surface area contributed by atoms with E-state index < -0.39 is 29.9 Å². The van der Waals surface area contributed by atoms with E-state index in [-0.39, 0.29) is 18.6 Å². The Morgan fingerprint density at radius 1 is 1.00 bits per heavy atom. The molecule has 2 aromatic rings. The second-order valence-electron chi connectivity index (χ2n) is 8.17. The van der Waals surface area contributed by atoms with Gasteiger partial charge in [0.1, 0.15) is 23.0 Å². The molecule has 0 saturated carbocycles. The topological polar surface area (TPSA) is 36.9 Å². The largest absolute Gasteiger partial charge is 0.525 e. The molecule has 0 bridgehead atoms. The lowest BCUT2D eigenvalue weighted by atomic mass is 9.81. The lowest BCUT2D eigenvalue weighted by Crippen LogP contribution is -2.41. The number of para-hydroxylation sites is 1. The van der Waals surface area contributed by atoms with Gasteiger partial charge in [-0.15, -0.1) is 0 Å². The number of rotatable bonds is 7. The molecule has 0 N–H and O–H groups in total. The van der Waals surface area contributed by atoms with Crippen molar-refractivity contribution in [3.05, 3.63) is 65.6 Å². The van der Waals surface area contributed by atoms with Gasteiger partial charge in [0.05, 0.1) is 24.9 Å². The highest BCUT2D eigenvalue weighted by atomic mass is 19.1. The Hall–Kier alpha value is -2.38. The summed E-state index contributed by atoms with van der Waals surface area (Å²) in [6, 6.07) is 13.2. The van der Waals surface area contributed by atoms with Crippen molar-refractivity contribution in [2.75, 3.05) is 13.7 Å². The molecule has 1 aliphatic heterocycles. The molecule has 0 spiro atoms. The monoisotopic (exact) mass is 416 g/mol. The van der Waals surface area contributed by atoms with Crippen LogP contribution in [0, 0.1) is 5.82 Å². The van der Waals surface area contributed by atoms with E-state index >= 15 is 4.39 Å². The summed E-state index contributed by atoms with van der Waals surface area (Å²) in [7, 11) is 0.260. The van der Waals surface area contributed by atoms with Crippen LogP contribution < -0.4 is 9.47 Å². The lowest BCUT2D eigenvalue weighted by molar-refractivity contribution is 0.00578. The first-order valence-corrected chi connectivity index (χ1v) is 9.90. The maximum atomic E-state index is 15.7. The fourth-order valence-electron chi connectivity index (χ4n) is 3.18. The van der Waals surface area contributed by atoms with Gasteiger partial charge >= 0.3 is 7.12 Å². The molecule has 0 amide bonds. The summed E-state index contributed by atoms with van der Waals surface area (Å²) in [6.45, 7) is 7.58. The molecular weight excluding hydrogens is 389 g/mol. The number of hydrogen-bond acceptors (Lipinski definition) is 4. The minimum atomic E-state index is -1.20. The zero-order valence-electron chi connectivity index (χ0n) is 18.0. The molecule has 160 valence electrons. The molecule has 0 radical (unpaired) electrons. The number of hydrogen-bond donors (Lipinski definition) is 0. The Morgan fingerprint density at radius 3 is 2.23 bits per heavy atom. The average Bonchev–Trinajstić information content (AvgIpc) is 2.93. The van der Waals surface area contributed by atoms with Crippen LogP contribution in [0.15, 0.2) is 54.3 Å². The molecular formula is C23H27BF2O4. The quantitative estimate of drug-likeness (QED) is 0.550. The normalized spacial score (nSPS) is 18.2. The van der Waals surface area contributed by atoms with Crippen LogP contribution in [0.1, 0.15) is 39.7 Å². The first kappa shape index (κ1) is 22.3. The van der Waals surface area contributed by atoms with E-state index in [1.807, 2.05) is 58.0 Å². The van der Waals surface area contributed by atoms with Crippen molar-refractivity contribution in [2.45, 2.75) is 45.3 Å². The molecule has 30 heavy (non-hydrogen) atoms. The highest BCUT2D eigenvalue weighted by Crippen LogP contribution is 2.41. The van der Waals surface area contributed by atoms with Crippen molar-refractivity contribution in [1.82, 2.24) is 0 Å². The summed E-state index contributed by atoms with van der Waals surface area (Å²) < 4.78 is 52.6. The summed E-state index contributed by atoms with van der Waals surface area (Å²) in [6.07, 6.45) is 0.171. The Balaban J connectivity index is 1.95. The third kappa shape index (κ3) is 4.68. The number of methoxy groups -OCH3 is 1. The van der Waals surface area contributed by atoms with E-state index in [1.54, 1.807) is 0 Å². The average molecular weight is 416 g/mol. The molecule has 7 heteroatoms. The van der Waals surface area contributed by atoms with E-state index in [0.29, 0.717) is 17.1 Å². The highest BCUT2D eigenvalue weighted by Gasteiger charge is 2.53. The number of halogens is 2. The second kappa shape index (κ2) is 8.78. The molecule has 0 aromatic heterocycles. The molecule has 2 aromatic carbocycles. The van der Waals surface area contributed by atoms with Crippen LogP contribution >= 0.6 is 0 Å². The predicted molar refractivity (Wildman–Crippen MR) is 114 cm³/mol. The van der Waals surface area contributed by atoms with Crippen molar-refractivity contribution in [1.29, 1.82) is 0 Å². The van der Waals surface area contributed by atoms with Gasteiger partial charge in [-0.25, -0.2) is 8.78 Å². The molecule has 1 heterocycles. The van der Waals surface area contributed by atoms with Crippen molar-refractivity contribution in [3.8, 4) is 11.5 Å². The van der Waals surface area contributed by atoms with Crippen LogP contribution in [0.5, 0.6) is 11.5 Å². The third-order valence-corrected chi connectivity index (χ3v) is 5.60. The summed E-state index contributed by atoms with van der Waals surface area (Å²) >= 11 is 0. The maximum absolute atomic E-state index is 15.7. The minimum absolute atomic E-state index is 0.171. The summed E-state index contributed by atoms with van der Waals surface area (Å²) in [5, 5.41) is 0. The Bertz CT molecular complexity index is 897. The smallest absolute Gasteiger partial charge is 0.496 e. The van der Waals surface area contributed by atoms with Crippen molar-refractivity contribution < 1.29 is 27.6 Å². The summed E-state index contributed by atoms with van der Waals surface area (Å²) in [4.78, 5) is 0. The zero-order chi connectivity index (χ0) is 21.9. The Morgan fingerprint density at radius 2 is 1.63 bits per heavy atom. The van der Waals surface area contributed by atoms with Gasteiger partial charge in [0, 0.05) is 12.0 Å². The van der Waals surface area contributed by atoms with Crippen molar-refractivity contribution in [3.63, 3.8) is 0 Å². The van der Waals surface area contributed by atoms with Gasteiger partial charge < -0.3 is 18.8 Å². The Labute approximate surface area is 176 Å². The fraction of sp³-hybridized carbons (Fsp3) is 0.391. The first-order valence-electron chi connectivity index (χ1n) is 9.90. The molecule has 0 aliphatic carbocycles. The van der Waals surface area contributed by atoms with Gasteiger partial charge in [0.25, 0.3) is 0 Å². The van der Waals surface area contributed by atoms with Gasteiger partial charge in [-0.2, -0.15) is 0 Å². The van der Waals surface area contributed by atoms with Crippen LogP contribution in [0.4, 0.5) is 8.78 Å². The summed E-state index contributed by atoms with van der Waals surface area (Å²) in [5.41, 5.74) is -1.49. The maximum Gasteiger partial charge on any atom is 0.525 e. The van der Waals surface area contributed by atoms with E-state index in [0.717, 1.165) is 0 Å². The van der Waals surface area contributed by atoms with Gasteiger partial charge in [0.2, 0.25) is 0 Å². The molecule has 0 unspecified atom stereocenters. The second-order valence-corrected chi connectivity index (χ2v) is 8.17. The van der Waals surface area contributed by atoms with E-state index in [9.17, 15) is 4.39 Å². The molecule has 0 atom stereocenters. The van der Waals surface area contributed by atoms with Crippen LogP contribution in [-0.4, -0.2) is 32.0 Å². The van der Waals surface area contributed by atoms with Crippen molar-refractivity contribution >= 4 is 12.7 Å². The zero-order valence-corrected chi connectivity index (χ0v) is 18.0. The van der Waals surface area contributed by atoms with E-state index in [1.165, 1.54) is 25.3 Å². The SMILES string of the molecule is COc1ccc(F)cc1C(CCOc1ccccc1)=C(F)B1OC(C)(C)C(C)(C)O1. The predicted octanol–water partition coefficient (Wildman–Crippen LogP) is 5.62. The number of ether oxygens (including phenoxy) is 2. The summed E-state index contributed by atoms with van der Waals surface area (Å²) in [5.74, 6) is 0.533. The third-order valence-electron chi connectivity index (χ3n) is 5.60. The highest BCUT2D eigenvalue weighted by molar-refractivity contribution is 6.55. The van der Waals surface area contributed by atoms with Gasteiger partial charge in [-0.1, -0.05) is 18.2 Å². The van der Waals surface area contributed by atoms with Crippen LogP contribution in [0.25, 0.3) is 5.57 Å². The van der Waals surface area contributed by atoms with Crippen LogP contribution in [-0.2, 0) is 9.31 Å². The van der Waals surface area contributed by atoms with Crippen molar-refractivity contribution in [2.24, 2.45) is 0 Å². The Kier molecular flexibility index (Phi) is 6.53. The molecule has 1 saturated heterocycles. The van der Waals surface area contributed by atoms with Gasteiger partial charge in [-0.3, -0.25) is 0 Å². The van der Waals surface area contributed by atoms with E-state index in [2.05, 4.69) is 0 Å². The van der Waals surface area contributed by atoms with Crippen LogP contribution in [0.3, 0.4) is 0 Å². The van der Waals surface area contributed by atoms with Gasteiger partial charge in [0.15, 0.2) is 0 Å². The van der Waals surface area contributed by atoms with Gasteiger partial charge in [-0.05, 0) is 63.6 Å². The standard InChI is InChI=1S/C23H27BF2O4/c1-22(2)23(3,4)30-24(29-22)21(26)18(13-14-28-17-9-7-6-8-10-17)19-15-16(25)11-12-20(19)27-5/h6-12,15H,13-14H2,1-5H3. The molecule has 1 fully saturated rings. The minimum Gasteiger partial charge on any atom is -0.496 e. The van der Waals surface area contributed by atoms with Crippen LogP contribution in [0.2, 0.25) is 0 Å². The lowest BCUT2D eigenvalue weighted by Gasteiger charge is -2.32. The fourth-order valence-corrected chi connectivity index (χ4v) is 3.18. The first-order chi connectivity index (χ1) is 14.1.